The van der Waals surface area contributed by atoms with Crippen molar-refractivity contribution >= 4 is 28.9 Å². The molecule has 2 unspecified atom stereocenters. The van der Waals surface area contributed by atoms with Gasteiger partial charge >= 0.3 is 0 Å². The zero-order valence-electron chi connectivity index (χ0n) is 14.0. The van der Waals surface area contributed by atoms with Crippen molar-refractivity contribution in [1.29, 1.82) is 0 Å². The summed E-state index contributed by atoms with van der Waals surface area (Å²) in [5, 5.41) is 2.52. The van der Waals surface area contributed by atoms with E-state index >= 15 is 0 Å². The van der Waals surface area contributed by atoms with E-state index < -0.39 is 0 Å². The van der Waals surface area contributed by atoms with E-state index in [1.54, 1.807) is 6.07 Å². The zero-order chi connectivity index (χ0) is 17.0. The van der Waals surface area contributed by atoms with Crippen LogP contribution in [0.25, 0.3) is 5.57 Å². The Morgan fingerprint density at radius 1 is 1.17 bits per heavy atom. The van der Waals surface area contributed by atoms with Gasteiger partial charge in [-0.05, 0) is 24.3 Å². The number of amides is 1. The number of alkyl halides is 1. The van der Waals surface area contributed by atoms with Crippen LogP contribution in [0, 0.1) is 5.92 Å². The van der Waals surface area contributed by atoms with Gasteiger partial charge in [0.05, 0.1) is 11.1 Å². The molecule has 0 heterocycles. The Morgan fingerprint density at radius 3 is 2.43 bits per heavy atom. The molecule has 0 spiro atoms. The molecule has 0 bridgehead atoms. The molecule has 4 heteroatoms. The van der Waals surface area contributed by atoms with E-state index in [2.05, 4.69) is 19.2 Å². The summed E-state index contributed by atoms with van der Waals surface area (Å²) < 4.78 is 0. The van der Waals surface area contributed by atoms with Gasteiger partial charge in [-0.3, -0.25) is 9.59 Å². The van der Waals surface area contributed by atoms with E-state index in [9.17, 15) is 9.59 Å². The first-order valence-corrected chi connectivity index (χ1v) is 8.77. The minimum Gasteiger partial charge on any atom is -0.322 e. The van der Waals surface area contributed by atoms with Gasteiger partial charge in [-0.15, -0.1) is 11.6 Å². The van der Waals surface area contributed by atoms with Gasteiger partial charge in [0, 0.05) is 17.6 Å². The molecule has 23 heavy (non-hydrogen) atoms. The molecule has 0 aromatic heterocycles. The molecule has 0 aliphatic heterocycles. The number of rotatable bonds is 7. The van der Waals surface area contributed by atoms with Crippen LogP contribution in [0.1, 0.15) is 62.4 Å². The van der Waals surface area contributed by atoms with Gasteiger partial charge < -0.3 is 5.32 Å². The number of hydrogen-bond donors (Lipinski definition) is 1. The first-order chi connectivity index (χ1) is 11.0. The van der Waals surface area contributed by atoms with Gasteiger partial charge in [0.15, 0.2) is 0 Å². The van der Waals surface area contributed by atoms with E-state index in [1.807, 2.05) is 25.1 Å². The third-order valence-corrected chi connectivity index (χ3v) is 4.87. The van der Waals surface area contributed by atoms with Crippen LogP contribution in [-0.4, -0.2) is 17.1 Å². The second kappa shape index (κ2) is 7.78. The Balaban J connectivity index is 2.44. The molecule has 1 aliphatic rings. The number of benzene rings is 1. The minimum absolute atomic E-state index is 0.130. The Bertz CT molecular complexity index is 636. The minimum atomic E-state index is -0.292. The second-order valence-electron chi connectivity index (χ2n) is 6.13. The Morgan fingerprint density at radius 2 is 1.83 bits per heavy atom. The molecular formula is C19H24ClNO2. The summed E-state index contributed by atoms with van der Waals surface area (Å²) in [6, 6.07) is 7.45. The summed E-state index contributed by atoms with van der Waals surface area (Å²) in [6.07, 6.45) is 3.15. The van der Waals surface area contributed by atoms with Gasteiger partial charge in [0.2, 0.25) is 11.7 Å². The highest BCUT2D eigenvalue weighted by molar-refractivity contribution is 6.32. The van der Waals surface area contributed by atoms with Crippen molar-refractivity contribution in [2.24, 2.45) is 5.92 Å². The quantitative estimate of drug-likeness (QED) is 0.744. The SMILES string of the molecule is CCCC(=O)NC1=C(C(Cl)C(C)CCC)c2ccccc2C1=O. The lowest BCUT2D eigenvalue weighted by atomic mass is 9.92. The smallest absolute Gasteiger partial charge is 0.224 e. The number of carbonyl (C=O) groups excluding carboxylic acids is 2. The standard InChI is InChI=1S/C19H24ClNO2/c1-4-8-12(3)17(20)16-13-10-6-7-11-14(13)19(23)18(16)21-15(22)9-5-2/h6-7,10-12,17H,4-5,8-9H2,1-3H3,(H,21,22,23). The van der Waals surface area contributed by atoms with E-state index in [0.29, 0.717) is 17.7 Å². The van der Waals surface area contributed by atoms with Crippen LogP contribution >= 0.6 is 11.6 Å². The maximum atomic E-state index is 12.7. The van der Waals surface area contributed by atoms with Gasteiger partial charge in [0.25, 0.3) is 0 Å². The summed E-state index contributed by atoms with van der Waals surface area (Å²) in [7, 11) is 0. The molecule has 3 nitrogen and oxygen atoms in total. The van der Waals surface area contributed by atoms with Gasteiger partial charge in [-0.1, -0.05) is 51.5 Å². The summed E-state index contributed by atoms with van der Waals surface area (Å²) in [5.41, 5.74) is 2.63. The molecule has 2 atom stereocenters. The van der Waals surface area contributed by atoms with Crippen LogP contribution in [0.2, 0.25) is 0 Å². The second-order valence-corrected chi connectivity index (χ2v) is 6.60. The summed E-state index contributed by atoms with van der Waals surface area (Å²) >= 11 is 6.70. The highest BCUT2D eigenvalue weighted by atomic mass is 35.5. The fourth-order valence-electron chi connectivity index (χ4n) is 3.03. The highest BCUT2D eigenvalue weighted by Gasteiger charge is 2.35. The van der Waals surface area contributed by atoms with Crippen molar-refractivity contribution in [3.8, 4) is 0 Å². The topological polar surface area (TPSA) is 46.2 Å². The highest BCUT2D eigenvalue weighted by Crippen LogP contribution is 2.39. The number of allylic oxidation sites excluding steroid dienone is 2. The van der Waals surface area contributed by atoms with E-state index in [4.69, 9.17) is 11.6 Å². The molecule has 1 aromatic rings. The fourth-order valence-corrected chi connectivity index (χ4v) is 3.39. The van der Waals surface area contributed by atoms with Crippen molar-refractivity contribution in [2.75, 3.05) is 0 Å². The predicted octanol–water partition coefficient (Wildman–Crippen LogP) is 4.55. The summed E-state index contributed by atoms with van der Waals surface area (Å²) in [6.45, 7) is 6.14. The molecule has 1 amide bonds. The lowest BCUT2D eigenvalue weighted by Crippen LogP contribution is -2.27. The van der Waals surface area contributed by atoms with Gasteiger partial charge in [-0.2, -0.15) is 0 Å². The molecule has 1 aliphatic carbocycles. The number of hydrogen-bond acceptors (Lipinski definition) is 2. The first-order valence-electron chi connectivity index (χ1n) is 8.33. The average molecular weight is 334 g/mol. The number of Topliss-reactive ketones (excluding diaryl/α,β-unsaturated/α-hetero) is 1. The molecule has 0 saturated carbocycles. The van der Waals surface area contributed by atoms with E-state index in [0.717, 1.165) is 30.4 Å². The Hall–Kier alpha value is -1.61. The third kappa shape index (κ3) is 3.66. The monoisotopic (exact) mass is 333 g/mol. The zero-order valence-corrected chi connectivity index (χ0v) is 14.7. The van der Waals surface area contributed by atoms with E-state index in [1.165, 1.54) is 0 Å². The lowest BCUT2D eigenvalue weighted by Gasteiger charge is -2.21. The molecule has 1 N–H and O–H groups in total. The van der Waals surface area contributed by atoms with Crippen molar-refractivity contribution < 1.29 is 9.59 Å². The van der Waals surface area contributed by atoms with Gasteiger partial charge in [-0.25, -0.2) is 0 Å². The van der Waals surface area contributed by atoms with Crippen molar-refractivity contribution in [1.82, 2.24) is 5.32 Å². The van der Waals surface area contributed by atoms with Crippen molar-refractivity contribution in [3.05, 3.63) is 41.1 Å². The molecular weight excluding hydrogens is 310 g/mol. The van der Waals surface area contributed by atoms with Crippen LogP contribution in [0.4, 0.5) is 0 Å². The van der Waals surface area contributed by atoms with Crippen LogP contribution in [0.15, 0.2) is 30.0 Å². The summed E-state index contributed by atoms with van der Waals surface area (Å²) in [5.74, 6) is -0.0312. The van der Waals surface area contributed by atoms with E-state index in [-0.39, 0.29) is 23.0 Å². The predicted molar refractivity (Wildman–Crippen MR) is 94.5 cm³/mol. The number of carbonyl (C=O) groups is 2. The number of fused-ring (bicyclic) bond motifs is 1. The largest absolute Gasteiger partial charge is 0.322 e. The van der Waals surface area contributed by atoms with Crippen LogP contribution < -0.4 is 5.32 Å². The normalized spacial score (nSPS) is 16.3. The fraction of sp³-hybridized carbons (Fsp3) is 0.474. The lowest BCUT2D eigenvalue weighted by molar-refractivity contribution is -0.120. The first kappa shape index (κ1) is 17.7. The molecule has 1 aromatic carbocycles. The Kier molecular flexibility index (Phi) is 6.00. The van der Waals surface area contributed by atoms with Crippen molar-refractivity contribution in [3.63, 3.8) is 0 Å². The van der Waals surface area contributed by atoms with Crippen LogP contribution in [0.5, 0.6) is 0 Å². The maximum absolute atomic E-state index is 12.7. The molecule has 0 fully saturated rings. The third-order valence-electron chi connectivity index (χ3n) is 4.22. The Labute approximate surface area is 143 Å². The number of nitrogens with one attached hydrogen (secondary N) is 1. The molecule has 0 saturated heterocycles. The summed E-state index contributed by atoms with van der Waals surface area (Å²) in [4.78, 5) is 24.7. The van der Waals surface area contributed by atoms with Gasteiger partial charge in [0.1, 0.15) is 0 Å². The molecule has 124 valence electrons. The molecule has 0 radical (unpaired) electrons. The average Bonchev–Trinajstić information content (AvgIpc) is 2.80. The molecule has 2 rings (SSSR count). The van der Waals surface area contributed by atoms with Crippen molar-refractivity contribution in [2.45, 2.75) is 51.8 Å². The number of halogens is 1. The van der Waals surface area contributed by atoms with Crippen LogP contribution in [-0.2, 0) is 4.79 Å². The number of ketones is 1. The maximum Gasteiger partial charge on any atom is 0.224 e. The van der Waals surface area contributed by atoms with Crippen LogP contribution in [0.3, 0.4) is 0 Å².